The lowest BCUT2D eigenvalue weighted by Crippen LogP contribution is -2.47. The second-order valence-electron chi connectivity index (χ2n) is 7.30. The van der Waals surface area contributed by atoms with Gasteiger partial charge < -0.3 is 14.7 Å². The van der Waals surface area contributed by atoms with Crippen molar-refractivity contribution in [1.29, 1.82) is 0 Å². The fourth-order valence-corrected chi connectivity index (χ4v) is 3.70. The molecule has 1 fully saturated rings. The normalized spacial score (nSPS) is 14.2. The van der Waals surface area contributed by atoms with Crippen LogP contribution in [0.5, 0.6) is 0 Å². The Morgan fingerprint density at radius 2 is 1.54 bits per heavy atom. The third-order valence-corrected chi connectivity index (χ3v) is 5.59. The van der Waals surface area contributed by atoms with Gasteiger partial charge in [0.15, 0.2) is 0 Å². The van der Waals surface area contributed by atoms with Crippen LogP contribution in [0.15, 0.2) is 60.8 Å². The fourth-order valence-electron chi connectivity index (χ4n) is 3.70. The minimum atomic E-state index is 0.723. The number of benzene rings is 2. The first-order valence-electron chi connectivity index (χ1n) is 9.81. The number of hydrogen-bond donors (Lipinski definition) is 0. The maximum atomic E-state index is 4.82. The van der Waals surface area contributed by atoms with E-state index in [1.165, 1.54) is 16.8 Å². The average molecular weight is 374 g/mol. The molecule has 0 unspecified atom stereocenters. The summed E-state index contributed by atoms with van der Waals surface area (Å²) in [6.45, 7) is 8.31. The molecule has 0 spiro atoms. The van der Waals surface area contributed by atoms with E-state index < -0.39 is 0 Å². The summed E-state index contributed by atoms with van der Waals surface area (Å²) in [5.74, 6) is 1.72. The van der Waals surface area contributed by atoms with Gasteiger partial charge in [0.05, 0.1) is 0 Å². The first-order chi connectivity index (χ1) is 13.6. The highest BCUT2D eigenvalue weighted by molar-refractivity contribution is 5.59. The molecule has 0 amide bonds. The van der Waals surface area contributed by atoms with Gasteiger partial charge in [0, 0.05) is 50.8 Å². The number of aromatic nitrogens is 2. The van der Waals surface area contributed by atoms with E-state index >= 15 is 0 Å². The maximum absolute atomic E-state index is 4.82. The number of rotatable bonds is 4. The monoisotopic (exact) mass is 373 g/mol. The van der Waals surface area contributed by atoms with Gasteiger partial charge in [-0.15, -0.1) is 0 Å². The lowest BCUT2D eigenvalue weighted by molar-refractivity contribution is 0.645. The quantitative estimate of drug-likeness (QED) is 0.685. The van der Waals surface area contributed by atoms with Crippen LogP contribution in [0.3, 0.4) is 0 Å². The molecular weight excluding hydrogens is 346 g/mol. The predicted molar refractivity (Wildman–Crippen MR) is 117 cm³/mol. The number of hydrogen-bond acceptors (Lipinski definition) is 5. The van der Waals surface area contributed by atoms with Crippen LogP contribution in [-0.4, -0.2) is 43.2 Å². The van der Waals surface area contributed by atoms with E-state index in [4.69, 9.17) is 4.98 Å². The van der Waals surface area contributed by atoms with Crippen molar-refractivity contribution >= 4 is 23.1 Å². The number of piperazine rings is 1. The molecule has 1 saturated heterocycles. The van der Waals surface area contributed by atoms with Crippen LogP contribution < -0.4 is 14.7 Å². The number of aryl methyl sites for hydroxylation is 1. The van der Waals surface area contributed by atoms with Crippen molar-refractivity contribution in [3.8, 4) is 0 Å². The number of anilines is 4. The van der Waals surface area contributed by atoms with Gasteiger partial charge in [-0.1, -0.05) is 30.3 Å². The molecule has 5 nitrogen and oxygen atoms in total. The van der Waals surface area contributed by atoms with Gasteiger partial charge in [0.1, 0.15) is 5.82 Å². The molecule has 1 aromatic heterocycles. The first kappa shape index (κ1) is 18.3. The first-order valence-corrected chi connectivity index (χ1v) is 9.81. The number of para-hydroxylation sites is 1. The standard InChI is InChI=1S/C23H27N5/c1-18-8-7-11-21(19(18)2)27-14-16-28(17-15-27)22-12-13-24-23(25-22)26(3)20-9-5-4-6-10-20/h4-13H,14-17H2,1-3H3. The molecule has 5 heteroatoms. The summed E-state index contributed by atoms with van der Waals surface area (Å²) in [5, 5.41) is 0. The second-order valence-corrected chi connectivity index (χ2v) is 7.30. The lowest BCUT2D eigenvalue weighted by Gasteiger charge is -2.37. The summed E-state index contributed by atoms with van der Waals surface area (Å²) < 4.78 is 0. The molecule has 2 heterocycles. The molecular formula is C23H27N5. The van der Waals surface area contributed by atoms with Crippen LogP contribution in [0.4, 0.5) is 23.1 Å². The number of nitrogens with zero attached hydrogens (tertiary/aromatic N) is 5. The largest absolute Gasteiger partial charge is 0.368 e. The van der Waals surface area contributed by atoms with Crippen LogP contribution in [0.2, 0.25) is 0 Å². The van der Waals surface area contributed by atoms with E-state index in [2.05, 4.69) is 59.0 Å². The lowest BCUT2D eigenvalue weighted by atomic mass is 10.1. The minimum Gasteiger partial charge on any atom is -0.368 e. The van der Waals surface area contributed by atoms with Gasteiger partial charge in [0.2, 0.25) is 5.95 Å². The summed E-state index contributed by atoms with van der Waals surface area (Å²) in [4.78, 5) is 16.2. The molecule has 0 N–H and O–H groups in total. The molecule has 1 aliphatic rings. The molecule has 2 aromatic carbocycles. The van der Waals surface area contributed by atoms with Crippen LogP contribution in [0.1, 0.15) is 11.1 Å². The Kier molecular flexibility index (Phi) is 5.15. The maximum Gasteiger partial charge on any atom is 0.231 e. The Balaban J connectivity index is 1.47. The van der Waals surface area contributed by atoms with E-state index in [0.717, 1.165) is 43.6 Å². The van der Waals surface area contributed by atoms with Gasteiger partial charge in [-0.2, -0.15) is 4.98 Å². The van der Waals surface area contributed by atoms with Crippen LogP contribution in [0.25, 0.3) is 0 Å². The molecule has 0 bridgehead atoms. The van der Waals surface area contributed by atoms with Crippen molar-refractivity contribution < 1.29 is 0 Å². The molecule has 0 saturated carbocycles. The molecule has 1 aliphatic heterocycles. The summed E-state index contributed by atoms with van der Waals surface area (Å²) in [6, 6.07) is 18.8. The smallest absolute Gasteiger partial charge is 0.231 e. The van der Waals surface area contributed by atoms with Crippen LogP contribution in [0, 0.1) is 13.8 Å². The third kappa shape index (κ3) is 3.65. The summed E-state index contributed by atoms with van der Waals surface area (Å²) >= 11 is 0. The fraction of sp³-hybridized carbons (Fsp3) is 0.304. The van der Waals surface area contributed by atoms with Crippen molar-refractivity contribution in [3.63, 3.8) is 0 Å². The van der Waals surface area contributed by atoms with Crippen LogP contribution >= 0.6 is 0 Å². The van der Waals surface area contributed by atoms with Crippen molar-refractivity contribution in [2.75, 3.05) is 47.9 Å². The Labute approximate surface area is 167 Å². The van der Waals surface area contributed by atoms with Crippen molar-refractivity contribution in [1.82, 2.24) is 9.97 Å². The minimum absolute atomic E-state index is 0.723. The molecule has 0 aliphatic carbocycles. The van der Waals surface area contributed by atoms with Gasteiger partial charge in [0.25, 0.3) is 0 Å². The highest BCUT2D eigenvalue weighted by Gasteiger charge is 2.20. The van der Waals surface area contributed by atoms with Gasteiger partial charge in [-0.25, -0.2) is 4.98 Å². The summed E-state index contributed by atoms with van der Waals surface area (Å²) in [7, 11) is 2.01. The summed E-state index contributed by atoms with van der Waals surface area (Å²) in [6.07, 6.45) is 1.86. The Hall–Kier alpha value is -3.08. The SMILES string of the molecule is Cc1cccc(N2CCN(c3ccnc(N(C)c4ccccc4)n3)CC2)c1C. The van der Waals surface area contributed by atoms with E-state index in [9.17, 15) is 0 Å². The third-order valence-electron chi connectivity index (χ3n) is 5.59. The highest BCUT2D eigenvalue weighted by Crippen LogP contribution is 2.26. The molecule has 4 rings (SSSR count). The molecule has 3 aromatic rings. The molecule has 0 radical (unpaired) electrons. The Morgan fingerprint density at radius 3 is 2.29 bits per heavy atom. The van der Waals surface area contributed by atoms with Crippen molar-refractivity contribution in [2.24, 2.45) is 0 Å². The van der Waals surface area contributed by atoms with Gasteiger partial charge in [-0.05, 0) is 49.2 Å². The topological polar surface area (TPSA) is 35.5 Å². The van der Waals surface area contributed by atoms with Crippen LogP contribution in [-0.2, 0) is 0 Å². The zero-order valence-corrected chi connectivity index (χ0v) is 16.8. The second kappa shape index (κ2) is 7.89. The zero-order chi connectivity index (χ0) is 19.5. The summed E-state index contributed by atoms with van der Waals surface area (Å²) in [5.41, 5.74) is 5.17. The van der Waals surface area contributed by atoms with E-state index in [1.807, 2.05) is 42.4 Å². The Morgan fingerprint density at radius 1 is 0.821 bits per heavy atom. The predicted octanol–water partition coefficient (Wildman–Crippen LogP) is 4.19. The van der Waals surface area contributed by atoms with Gasteiger partial charge >= 0.3 is 0 Å². The highest BCUT2D eigenvalue weighted by atomic mass is 15.3. The van der Waals surface area contributed by atoms with Crippen molar-refractivity contribution in [2.45, 2.75) is 13.8 Å². The van der Waals surface area contributed by atoms with Gasteiger partial charge in [-0.3, -0.25) is 0 Å². The molecule has 0 atom stereocenters. The molecule has 28 heavy (non-hydrogen) atoms. The van der Waals surface area contributed by atoms with E-state index in [0.29, 0.717) is 0 Å². The Bertz CT molecular complexity index is 933. The van der Waals surface area contributed by atoms with E-state index in [1.54, 1.807) is 0 Å². The van der Waals surface area contributed by atoms with Crippen molar-refractivity contribution in [3.05, 3.63) is 71.9 Å². The molecule has 144 valence electrons. The zero-order valence-electron chi connectivity index (χ0n) is 16.8. The average Bonchev–Trinajstić information content (AvgIpc) is 2.76. The van der Waals surface area contributed by atoms with E-state index in [-0.39, 0.29) is 0 Å².